The molecular formula is C32H33FN6O. The molecule has 1 N–H and O–H groups in total. The molecule has 7 nitrogen and oxygen atoms in total. The number of halogens is 1. The monoisotopic (exact) mass is 536 g/mol. The molecule has 8 heteroatoms. The molecule has 0 radical (unpaired) electrons. The lowest BCUT2D eigenvalue weighted by molar-refractivity contribution is -0.115. The number of carbonyl (C=O) groups is 1. The molecule has 204 valence electrons. The van der Waals surface area contributed by atoms with E-state index in [-0.39, 0.29) is 17.7 Å². The molecule has 0 bridgehead atoms. The summed E-state index contributed by atoms with van der Waals surface area (Å²) < 4.78 is 17.1. The van der Waals surface area contributed by atoms with Gasteiger partial charge in [0.25, 0.3) is 0 Å². The number of nitrogens with one attached hydrogen (secondary N) is 1. The van der Waals surface area contributed by atoms with E-state index in [1.165, 1.54) is 6.07 Å². The van der Waals surface area contributed by atoms with Crippen LogP contribution in [0.4, 0.5) is 10.2 Å². The summed E-state index contributed by atoms with van der Waals surface area (Å²) in [6, 6.07) is 16.8. The fourth-order valence-electron chi connectivity index (χ4n) is 4.62. The normalized spacial score (nSPS) is 11.8. The van der Waals surface area contributed by atoms with Crippen molar-refractivity contribution in [1.82, 2.24) is 24.3 Å². The smallest absolute Gasteiger partial charge is 0.230 e. The summed E-state index contributed by atoms with van der Waals surface area (Å²) in [6.07, 6.45) is 7.06. The van der Waals surface area contributed by atoms with Gasteiger partial charge in [0.1, 0.15) is 17.3 Å². The highest BCUT2D eigenvalue weighted by Gasteiger charge is 2.18. The van der Waals surface area contributed by atoms with Gasteiger partial charge in [-0.2, -0.15) is 0 Å². The zero-order valence-corrected chi connectivity index (χ0v) is 23.4. The minimum atomic E-state index is -0.444. The molecule has 0 aliphatic rings. The Hall–Kier alpha value is -4.43. The lowest BCUT2D eigenvalue weighted by atomic mass is 9.87. The predicted molar refractivity (Wildman–Crippen MR) is 156 cm³/mol. The Balaban J connectivity index is 1.34. The van der Waals surface area contributed by atoms with E-state index in [4.69, 9.17) is 0 Å². The van der Waals surface area contributed by atoms with Crippen LogP contribution in [0.5, 0.6) is 0 Å². The van der Waals surface area contributed by atoms with E-state index < -0.39 is 5.82 Å². The summed E-state index contributed by atoms with van der Waals surface area (Å²) >= 11 is 0. The largest absolute Gasteiger partial charge is 0.310 e. The van der Waals surface area contributed by atoms with Crippen molar-refractivity contribution >= 4 is 17.4 Å². The van der Waals surface area contributed by atoms with Crippen molar-refractivity contribution < 1.29 is 9.18 Å². The van der Waals surface area contributed by atoms with Crippen LogP contribution in [0.25, 0.3) is 28.0 Å². The molecule has 4 aromatic heterocycles. The highest BCUT2D eigenvalue weighted by Crippen LogP contribution is 2.28. The number of carbonyl (C=O) groups excluding carboxylic acids is 1. The number of nitrogens with zero attached hydrogens (tertiary/aromatic N) is 5. The van der Waals surface area contributed by atoms with Crippen LogP contribution >= 0.6 is 0 Å². The zero-order chi connectivity index (χ0) is 28.4. The number of fused-ring (bicyclic) bond motifs is 1. The SMILES string of the molecule is CN(C)Cc1cc(C(C)(C)C)cc(NC(=O)Cc2ccc(-c3cnc4cc(-c5ccncc5)ccn34)cc2F)n1. The minimum absolute atomic E-state index is 0.0982. The van der Waals surface area contributed by atoms with Crippen LogP contribution in [0.15, 0.2) is 79.4 Å². The van der Waals surface area contributed by atoms with Gasteiger partial charge >= 0.3 is 0 Å². The van der Waals surface area contributed by atoms with Crippen molar-refractivity contribution in [1.29, 1.82) is 0 Å². The van der Waals surface area contributed by atoms with Gasteiger partial charge < -0.3 is 10.2 Å². The molecule has 0 fully saturated rings. The molecule has 5 rings (SSSR count). The zero-order valence-electron chi connectivity index (χ0n) is 23.4. The van der Waals surface area contributed by atoms with E-state index in [0.717, 1.165) is 33.7 Å². The minimum Gasteiger partial charge on any atom is -0.310 e. The van der Waals surface area contributed by atoms with Crippen LogP contribution in [0.2, 0.25) is 0 Å². The lowest BCUT2D eigenvalue weighted by Gasteiger charge is -2.22. The average molecular weight is 537 g/mol. The van der Waals surface area contributed by atoms with Crippen LogP contribution in [0.1, 0.15) is 37.6 Å². The van der Waals surface area contributed by atoms with Crippen molar-refractivity contribution in [3.05, 3.63) is 102 Å². The van der Waals surface area contributed by atoms with Gasteiger partial charge in [-0.3, -0.25) is 14.2 Å². The predicted octanol–water partition coefficient (Wildman–Crippen LogP) is 6.14. The summed E-state index contributed by atoms with van der Waals surface area (Å²) in [4.78, 5) is 28.2. The van der Waals surface area contributed by atoms with Crippen LogP contribution in [-0.4, -0.2) is 44.3 Å². The number of hydrogen-bond donors (Lipinski definition) is 1. The number of anilines is 1. The van der Waals surface area contributed by atoms with E-state index in [1.54, 1.807) is 24.7 Å². The number of rotatable bonds is 7. The fraction of sp³-hybridized carbons (Fsp3) is 0.250. The summed E-state index contributed by atoms with van der Waals surface area (Å²) in [7, 11) is 3.95. The van der Waals surface area contributed by atoms with Gasteiger partial charge in [0, 0.05) is 30.7 Å². The molecule has 1 aromatic carbocycles. The second-order valence-corrected chi connectivity index (χ2v) is 11.3. The third-order valence-corrected chi connectivity index (χ3v) is 6.72. The average Bonchev–Trinajstić information content (AvgIpc) is 3.33. The van der Waals surface area contributed by atoms with Gasteiger partial charge in [-0.25, -0.2) is 14.4 Å². The van der Waals surface area contributed by atoms with E-state index in [9.17, 15) is 4.79 Å². The number of hydrogen-bond acceptors (Lipinski definition) is 5. The van der Waals surface area contributed by atoms with Crippen molar-refractivity contribution in [2.45, 2.75) is 39.2 Å². The molecular weight excluding hydrogens is 503 g/mol. The van der Waals surface area contributed by atoms with Crippen molar-refractivity contribution in [3.63, 3.8) is 0 Å². The summed E-state index contributed by atoms with van der Waals surface area (Å²) in [5, 5.41) is 2.88. The van der Waals surface area contributed by atoms with Crippen molar-refractivity contribution in [2.24, 2.45) is 0 Å². The highest BCUT2D eigenvalue weighted by atomic mass is 19.1. The topological polar surface area (TPSA) is 75.4 Å². The number of amides is 1. The summed E-state index contributed by atoms with van der Waals surface area (Å²) in [5.41, 5.74) is 6.42. The molecule has 0 aliphatic carbocycles. The van der Waals surface area contributed by atoms with Gasteiger partial charge in [-0.15, -0.1) is 0 Å². The first-order valence-corrected chi connectivity index (χ1v) is 13.2. The number of aromatic nitrogens is 4. The molecule has 0 unspecified atom stereocenters. The van der Waals surface area contributed by atoms with E-state index in [2.05, 4.69) is 47.1 Å². The van der Waals surface area contributed by atoms with E-state index in [0.29, 0.717) is 23.5 Å². The third-order valence-electron chi connectivity index (χ3n) is 6.72. The van der Waals surface area contributed by atoms with E-state index >= 15 is 4.39 Å². The number of imidazole rings is 1. The van der Waals surface area contributed by atoms with Gasteiger partial charge in [-0.05, 0) is 84.2 Å². The Labute approximate surface area is 233 Å². The lowest BCUT2D eigenvalue weighted by Crippen LogP contribution is -2.20. The van der Waals surface area contributed by atoms with Crippen LogP contribution in [0.3, 0.4) is 0 Å². The second-order valence-electron chi connectivity index (χ2n) is 11.3. The molecule has 0 saturated heterocycles. The number of pyridine rings is 3. The van der Waals surface area contributed by atoms with Gasteiger partial charge in [0.15, 0.2) is 0 Å². The van der Waals surface area contributed by atoms with Crippen LogP contribution in [0, 0.1) is 5.82 Å². The highest BCUT2D eigenvalue weighted by molar-refractivity contribution is 5.91. The molecule has 40 heavy (non-hydrogen) atoms. The first kappa shape index (κ1) is 27.1. The Kier molecular flexibility index (Phi) is 7.45. The van der Waals surface area contributed by atoms with E-state index in [1.807, 2.05) is 66.0 Å². The standard InChI is InChI=1S/C32H33FN6O/c1-32(2,3)25-17-26(20-38(4)5)36-29(18-25)37-31(40)16-23-6-7-24(14-27(23)33)28-19-35-30-15-22(10-13-39(28)30)21-8-11-34-12-9-21/h6-15,17-19H,16,20H2,1-5H3,(H,36,37,40). The Bertz CT molecular complexity index is 1670. The second kappa shape index (κ2) is 11.0. The Morgan fingerprint density at radius 1 is 0.975 bits per heavy atom. The third kappa shape index (κ3) is 6.07. The van der Waals surface area contributed by atoms with Crippen LogP contribution < -0.4 is 5.32 Å². The van der Waals surface area contributed by atoms with Crippen molar-refractivity contribution in [3.8, 4) is 22.4 Å². The van der Waals surface area contributed by atoms with Gasteiger partial charge in [0.05, 0.1) is 24.0 Å². The van der Waals surface area contributed by atoms with Crippen LogP contribution in [-0.2, 0) is 23.2 Å². The quantitative estimate of drug-likeness (QED) is 0.271. The molecule has 0 aliphatic heterocycles. The van der Waals surface area contributed by atoms with Gasteiger partial charge in [0.2, 0.25) is 5.91 Å². The fourth-order valence-corrected chi connectivity index (χ4v) is 4.62. The van der Waals surface area contributed by atoms with Crippen molar-refractivity contribution in [2.75, 3.05) is 19.4 Å². The molecule has 4 heterocycles. The summed E-state index contributed by atoms with van der Waals surface area (Å²) in [6.45, 7) is 7.01. The molecule has 0 atom stereocenters. The number of benzene rings is 1. The molecule has 0 spiro atoms. The Morgan fingerprint density at radius 2 is 1.75 bits per heavy atom. The van der Waals surface area contributed by atoms with Gasteiger partial charge in [-0.1, -0.05) is 32.9 Å². The maximum Gasteiger partial charge on any atom is 0.230 e. The molecule has 0 saturated carbocycles. The summed E-state index contributed by atoms with van der Waals surface area (Å²) in [5.74, 6) is -0.289. The maximum absolute atomic E-state index is 15.2. The maximum atomic E-state index is 15.2. The first-order chi connectivity index (χ1) is 19.1. The molecule has 1 amide bonds. The molecule has 5 aromatic rings. The Morgan fingerprint density at radius 3 is 2.45 bits per heavy atom. The first-order valence-electron chi connectivity index (χ1n) is 13.2.